The number of fused-ring (bicyclic) bond motifs is 1. The summed E-state index contributed by atoms with van der Waals surface area (Å²) in [4.78, 5) is 0. The molecular formula is C16H14Cl2IN. The Morgan fingerprint density at radius 1 is 0.950 bits per heavy atom. The molecule has 20 heavy (non-hydrogen) atoms. The lowest BCUT2D eigenvalue weighted by Gasteiger charge is -2.31. The highest BCUT2D eigenvalue weighted by molar-refractivity contribution is 14.1. The van der Waals surface area contributed by atoms with Crippen molar-refractivity contribution in [3.8, 4) is 0 Å². The van der Waals surface area contributed by atoms with Crippen molar-refractivity contribution in [1.82, 2.24) is 3.53 Å². The van der Waals surface area contributed by atoms with E-state index in [9.17, 15) is 0 Å². The van der Waals surface area contributed by atoms with Gasteiger partial charge >= 0.3 is 0 Å². The third-order valence-electron chi connectivity index (χ3n) is 3.97. The molecule has 4 heteroatoms. The fraction of sp³-hybridized carbons (Fsp3) is 0.250. The van der Waals surface area contributed by atoms with E-state index in [-0.39, 0.29) is 0 Å². The number of hydrogen-bond donors (Lipinski definition) is 1. The Morgan fingerprint density at radius 2 is 1.70 bits per heavy atom. The van der Waals surface area contributed by atoms with Gasteiger partial charge in [-0.1, -0.05) is 53.5 Å². The van der Waals surface area contributed by atoms with Crippen LogP contribution in [0.5, 0.6) is 0 Å². The van der Waals surface area contributed by atoms with Crippen LogP contribution in [0.3, 0.4) is 0 Å². The smallest absolute Gasteiger partial charge is 0.0595 e. The number of rotatable bonds is 2. The van der Waals surface area contributed by atoms with Crippen LogP contribution in [0.25, 0.3) is 0 Å². The minimum atomic E-state index is 0.405. The zero-order valence-corrected chi connectivity index (χ0v) is 14.4. The van der Waals surface area contributed by atoms with Gasteiger partial charge in [-0.05, 0) is 41.7 Å². The summed E-state index contributed by atoms with van der Waals surface area (Å²) in [6.45, 7) is 0. The van der Waals surface area contributed by atoms with E-state index in [1.807, 2.05) is 12.1 Å². The summed E-state index contributed by atoms with van der Waals surface area (Å²) < 4.78 is 3.38. The van der Waals surface area contributed by atoms with Crippen molar-refractivity contribution in [3.63, 3.8) is 0 Å². The molecule has 0 bridgehead atoms. The molecule has 0 radical (unpaired) electrons. The first-order chi connectivity index (χ1) is 9.70. The van der Waals surface area contributed by atoms with E-state index in [1.54, 1.807) is 0 Å². The second kappa shape index (κ2) is 6.22. The van der Waals surface area contributed by atoms with Crippen molar-refractivity contribution in [1.29, 1.82) is 0 Å². The van der Waals surface area contributed by atoms with Gasteiger partial charge in [-0.15, -0.1) is 0 Å². The van der Waals surface area contributed by atoms with Crippen LogP contribution in [0.4, 0.5) is 0 Å². The molecule has 104 valence electrons. The van der Waals surface area contributed by atoms with E-state index in [4.69, 9.17) is 23.2 Å². The molecule has 2 aromatic rings. The quantitative estimate of drug-likeness (QED) is 0.473. The summed E-state index contributed by atoms with van der Waals surface area (Å²) in [5.41, 5.74) is 4.04. The molecule has 3 rings (SSSR count). The van der Waals surface area contributed by atoms with Gasteiger partial charge in [0.25, 0.3) is 0 Å². The summed E-state index contributed by atoms with van der Waals surface area (Å²) in [6, 6.07) is 15.1. The molecule has 2 aromatic carbocycles. The highest BCUT2D eigenvalue weighted by Gasteiger charge is 2.27. The van der Waals surface area contributed by atoms with Crippen molar-refractivity contribution < 1.29 is 0 Å². The number of nitrogens with one attached hydrogen (secondary N) is 1. The maximum atomic E-state index is 6.17. The van der Waals surface area contributed by atoms with Gasteiger partial charge in [0.05, 0.1) is 10.0 Å². The van der Waals surface area contributed by atoms with E-state index in [0.29, 0.717) is 22.0 Å². The van der Waals surface area contributed by atoms with Gasteiger partial charge in [-0.3, -0.25) is 3.53 Å². The monoisotopic (exact) mass is 417 g/mol. The topological polar surface area (TPSA) is 12.0 Å². The van der Waals surface area contributed by atoms with Crippen molar-refractivity contribution in [2.24, 2.45) is 0 Å². The van der Waals surface area contributed by atoms with Gasteiger partial charge in [-0.25, -0.2) is 0 Å². The number of hydrogen-bond acceptors (Lipinski definition) is 1. The van der Waals surface area contributed by atoms with E-state index in [2.05, 4.69) is 56.7 Å². The highest BCUT2D eigenvalue weighted by Crippen LogP contribution is 2.42. The van der Waals surface area contributed by atoms with Crippen LogP contribution in [0.1, 0.15) is 41.5 Å². The average Bonchev–Trinajstić information content (AvgIpc) is 2.49. The van der Waals surface area contributed by atoms with Gasteiger partial charge in [0.2, 0.25) is 0 Å². The normalized spacial score (nSPS) is 21.6. The van der Waals surface area contributed by atoms with Crippen LogP contribution in [-0.2, 0) is 0 Å². The predicted molar refractivity (Wildman–Crippen MR) is 93.9 cm³/mol. The van der Waals surface area contributed by atoms with Crippen LogP contribution < -0.4 is 3.53 Å². The molecule has 0 saturated carbocycles. The first-order valence-electron chi connectivity index (χ1n) is 6.60. The molecule has 0 aliphatic heterocycles. The van der Waals surface area contributed by atoms with E-state index in [1.165, 1.54) is 16.7 Å². The van der Waals surface area contributed by atoms with Crippen molar-refractivity contribution in [2.75, 3.05) is 0 Å². The van der Waals surface area contributed by atoms with Crippen LogP contribution >= 0.6 is 46.1 Å². The molecule has 2 atom stereocenters. The zero-order valence-electron chi connectivity index (χ0n) is 10.7. The zero-order chi connectivity index (χ0) is 14.1. The molecule has 0 heterocycles. The maximum Gasteiger partial charge on any atom is 0.0595 e. The van der Waals surface area contributed by atoms with Crippen LogP contribution in [0.2, 0.25) is 10.0 Å². The Bertz CT molecular complexity index is 630. The highest BCUT2D eigenvalue weighted by atomic mass is 127. The molecular weight excluding hydrogens is 404 g/mol. The molecule has 1 aliphatic carbocycles. The van der Waals surface area contributed by atoms with Crippen molar-refractivity contribution in [2.45, 2.75) is 24.8 Å². The molecule has 1 aliphatic rings. The first kappa shape index (κ1) is 14.6. The largest absolute Gasteiger partial charge is 0.254 e. The molecule has 0 unspecified atom stereocenters. The summed E-state index contributed by atoms with van der Waals surface area (Å²) in [6.07, 6.45) is 2.25. The van der Waals surface area contributed by atoms with Crippen LogP contribution in [0, 0.1) is 0 Å². The Balaban J connectivity index is 2.05. The Morgan fingerprint density at radius 3 is 2.40 bits per heavy atom. The minimum absolute atomic E-state index is 0.405. The lowest BCUT2D eigenvalue weighted by atomic mass is 9.77. The lowest BCUT2D eigenvalue weighted by molar-refractivity contribution is 0.516. The standard InChI is InChI=1S/C16H14Cl2IN/c17-14-7-5-10(9-15(14)18)11-6-8-16(20-19)13-4-2-1-3-12(11)13/h1-5,7,9,11,16,20H,6,8H2/t11-,16-/m0/s1. The SMILES string of the molecule is Clc1ccc([C@@H]2CC[C@H](NI)c3ccccc32)cc1Cl. The molecule has 0 fully saturated rings. The molecule has 0 aromatic heterocycles. The second-order valence-electron chi connectivity index (χ2n) is 5.09. The Labute approximate surface area is 143 Å². The third-order valence-corrected chi connectivity index (χ3v) is 5.46. The fourth-order valence-electron chi connectivity index (χ4n) is 2.98. The number of halogens is 3. The van der Waals surface area contributed by atoms with Gasteiger partial charge in [0.15, 0.2) is 0 Å². The fourth-order valence-corrected chi connectivity index (χ4v) is 3.93. The second-order valence-corrected chi connectivity index (χ2v) is 6.53. The van der Waals surface area contributed by atoms with E-state index >= 15 is 0 Å². The predicted octanol–water partition coefficient (Wildman–Crippen LogP) is 5.90. The minimum Gasteiger partial charge on any atom is -0.254 e. The van der Waals surface area contributed by atoms with Gasteiger partial charge in [0, 0.05) is 34.8 Å². The van der Waals surface area contributed by atoms with E-state index in [0.717, 1.165) is 12.8 Å². The molecule has 1 N–H and O–H groups in total. The lowest BCUT2D eigenvalue weighted by Crippen LogP contribution is -2.21. The summed E-state index contributed by atoms with van der Waals surface area (Å²) >= 11 is 14.4. The van der Waals surface area contributed by atoms with Gasteiger partial charge < -0.3 is 0 Å². The summed E-state index contributed by atoms with van der Waals surface area (Å²) in [5.74, 6) is 0.405. The maximum absolute atomic E-state index is 6.17. The van der Waals surface area contributed by atoms with Crippen molar-refractivity contribution >= 4 is 46.1 Å². The number of benzene rings is 2. The average molecular weight is 418 g/mol. The summed E-state index contributed by atoms with van der Waals surface area (Å²) in [7, 11) is 0. The Kier molecular flexibility index (Phi) is 4.55. The molecule has 0 saturated heterocycles. The first-order valence-corrected chi connectivity index (χ1v) is 8.44. The van der Waals surface area contributed by atoms with E-state index < -0.39 is 0 Å². The van der Waals surface area contributed by atoms with Crippen molar-refractivity contribution in [3.05, 3.63) is 69.2 Å². The van der Waals surface area contributed by atoms with Crippen LogP contribution in [0.15, 0.2) is 42.5 Å². The molecule has 0 spiro atoms. The Hall–Kier alpha value is -0.290. The molecule has 1 nitrogen and oxygen atoms in total. The van der Waals surface area contributed by atoms with Crippen LogP contribution in [-0.4, -0.2) is 0 Å². The summed E-state index contributed by atoms with van der Waals surface area (Å²) in [5, 5.41) is 1.25. The third kappa shape index (κ3) is 2.71. The van der Waals surface area contributed by atoms with Gasteiger partial charge in [-0.2, -0.15) is 0 Å². The molecule has 0 amide bonds. The van der Waals surface area contributed by atoms with Gasteiger partial charge in [0.1, 0.15) is 0 Å².